The summed E-state index contributed by atoms with van der Waals surface area (Å²) in [5.74, 6) is 0.316. The van der Waals surface area contributed by atoms with Gasteiger partial charge in [0.25, 0.3) is 0 Å². The molecule has 1 aromatic carbocycles. The first-order chi connectivity index (χ1) is 9.31. The van der Waals surface area contributed by atoms with Gasteiger partial charge in [-0.3, -0.25) is 4.90 Å². The Morgan fingerprint density at radius 2 is 1.80 bits per heavy atom. The smallest absolute Gasteiger partial charge is 0.226 e. The quantitative estimate of drug-likeness (QED) is 0.860. The number of benzene rings is 1. The Labute approximate surface area is 124 Å². The molecule has 0 aliphatic carbocycles. The average molecular weight is 297 g/mol. The fraction of sp³-hybridized carbons (Fsp3) is 0.400. The van der Waals surface area contributed by atoms with Crippen molar-refractivity contribution in [1.82, 2.24) is 9.88 Å². The number of piperidine rings is 1. The lowest BCUT2D eigenvalue weighted by atomic mass is 10.1. The molecular formula is C15H18ClFN2O. The van der Waals surface area contributed by atoms with Crippen molar-refractivity contribution in [2.75, 3.05) is 13.1 Å². The van der Waals surface area contributed by atoms with Gasteiger partial charge in [-0.05, 0) is 50.2 Å². The fourth-order valence-electron chi connectivity index (χ4n) is 2.45. The summed E-state index contributed by atoms with van der Waals surface area (Å²) in [6, 6.07) is 6.21. The van der Waals surface area contributed by atoms with Gasteiger partial charge < -0.3 is 4.42 Å². The van der Waals surface area contributed by atoms with E-state index in [9.17, 15) is 4.39 Å². The first kappa shape index (κ1) is 15.0. The number of hydrogen-bond donors (Lipinski definition) is 0. The molecule has 108 valence electrons. The molecule has 3 rings (SSSR count). The van der Waals surface area contributed by atoms with Gasteiger partial charge in [-0.25, -0.2) is 9.37 Å². The third-order valence-electron chi connectivity index (χ3n) is 3.48. The standard InChI is InChI=1S/C15H17FN2O.ClH/c16-13-6-4-12(5-7-13)15-17-14(11-19-15)10-18-8-2-1-3-9-18;/h4-7,11H,1-3,8-10H2;1H. The van der Waals surface area contributed by atoms with Crippen LogP contribution in [0.3, 0.4) is 0 Å². The summed E-state index contributed by atoms with van der Waals surface area (Å²) in [4.78, 5) is 6.87. The van der Waals surface area contributed by atoms with Crippen molar-refractivity contribution in [2.45, 2.75) is 25.8 Å². The Morgan fingerprint density at radius 1 is 1.10 bits per heavy atom. The van der Waals surface area contributed by atoms with Crippen molar-refractivity contribution in [3.8, 4) is 11.5 Å². The maximum atomic E-state index is 12.9. The zero-order valence-corrected chi connectivity index (χ0v) is 12.0. The predicted octanol–water partition coefficient (Wildman–Crippen LogP) is 3.89. The number of halogens is 2. The summed E-state index contributed by atoms with van der Waals surface area (Å²) in [6.45, 7) is 3.11. The molecule has 0 saturated carbocycles. The van der Waals surface area contributed by atoms with Crippen molar-refractivity contribution in [3.05, 3.63) is 42.0 Å². The highest BCUT2D eigenvalue weighted by Gasteiger charge is 2.13. The second kappa shape index (κ2) is 6.86. The Morgan fingerprint density at radius 3 is 2.50 bits per heavy atom. The summed E-state index contributed by atoms with van der Waals surface area (Å²) >= 11 is 0. The average Bonchev–Trinajstić information content (AvgIpc) is 2.89. The molecule has 5 heteroatoms. The van der Waals surface area contributed by atoms with Crippen LogP contribution in [0.2, 0.25) is 0 Å². The van der Waals surface area contributed by atoms with E-state index < -0.39 is 0 Å². The van der Waals surface area contributed by atoms with E-state index in [-0.39, 0.29) is 18.2 Å². The molecule has 0 bridgehead atoms. The molecule has 0 radical (unpaired) electrons. The van der Waals surface area contributed by atoms with E-state index >= 15 is 0 Å². The molecule has 20 heavy (non-hydrogen) atoms. The second-order valence-corrected chi connectivity index (χ2v) is 4.99. The van der Waals surface area contributed by atoms with Crippen molar-refractivity contribution >= 4 is 12.4 Å². The molecule has 0 atom stereocenters. The second-order valence-electron chi connectivity index (χ2n) is 4.99. The maximum Gasteiger partial charge on any atom is 0.226 e. The maximum absolute atomic E-state index is 12.9. The van der Waals surface area contributed by atoms with E-state index in [1.807, 2.05) is 0 Å². The zero-order chi connectivity index (χ0) is 13.1. The molecule has 1 aromatic heterocycles. The van der Waals surface area contributed by atoms with Gasteiger partial charge >= 0.3 is 0 Å². The Balaban J connectivity index is 0.00000147. The van der Waals surface area contributed by atoms with E-state index in [1.54, 1.807) is 18.4 Å². The molecule has 0 N–H and O–H groups in total. The van der Waals surface area contributed by atoms with Crippen molar-refractivity contribution in [2.24, 2.45) is 0 Å². The molecule has 3 nitrogen and oxygen atoms in total. The van der Waals surface area contributed by atoms with Gasteiger partial charge in [0.05, 0.1) is 5.69 Å². The Kier molecular flexibility index (Phi) is 5.15. The van der Waals surface area contributed by atoms with Crippen LogP contribution in [0.15, 0.2) is 34.9 Å². The number of oxazole rings is 1. The van der Waals surface area contributed by atoms with Gasteiger partial charge in [-0.2, -0.15) is 0 Å². The van der Waals surface area contributed by atoms with Crippen molar-refractivity contribution in [3.63, 3.8) is 0 Å². The van der Waals surface area contributed by atoms with Crippen LogP contribution in [0, 0.1) is 5.82 Å². The highest BCUT2D eigenvalue weighted by molar-refractivity contribution is 5.85. The summed E-state index contributed by atoms with van der Waals surface area (Å²) in [7, 11) is 0. The zero-order valence-electron chi connectivity index (χ0n) is 11.2. The van der Waals surface area contributed by atoms with E-state index in [4.69, 9.17) is 4.42 Å². The minimum atomic E-state index is -0.246. The number of aromatic nitrogens is 1. The van der Waals surface area contributed by atoms with E-state index in [0.717, 1.165) is 30.9 Å². The minimum Gasteiger partial charge on any atom is -0.444 e. The lowest BCUT2D eigenvalue weighted by Gasteiger charge is -2.25. The molecule has 1 fully saturated rings. The highest BCUT2D eigenvalue weighted by Crippen LogP contribution is 2.20. The van der Waals surface area contributed by atoms with Crippen LogP contribution < -0.4 is 0 Å². The number of hydrogen-bond acceptors (Lipinski definition) is 3. The lowest BCUT2D eigenvalue weighted by molar-refractivity contribution is 0.218. The first-order valence-electron chi connectivity index (χ1n) is 6.74. The van der Waals surface area contributed by atoms with Gasteiger partial charge in [0.2, 0.25) is 5.89 Å². The molecule has 2 aromatic rings. The van der Waals surface area contributed by atoms with Crippen LogP contribution in [-0.4, -0.2) is 23.0 Å². The molecule has 1 saturated heterocycles. The van der Waals surface area contributed by atoms with Gasteiger partial charge in [0.15, 0.2) is 0 Å². The Hall–Kier alpha value is -1.39. The normalized spacial score (nSPS) is 15.8. The summed E-state index contributed by atoms with van der Waals surface area (Å²) < 4.78 is 18.3. The molecule has 1 aliphatic heterocycles. The van der Waals surface area contributed by atoms with Crippen molar-refractivity contribution < 1.29 is 8.81 Å². The summed E-state index contributed by atoms with van der Waals surface area (Å²) in [5.41, 5.74) is 1.76. The van der Waals surface area contributed by atoms with Crippen LogP contribution in [0.1, 0.15) is 25.0 Å². The van der Waals surface area contributed by atoms with Crippen LogP contribution in [0.4, 0.5) is 4.39 Å². The molecule has 2 heterocycles. The van der Waals surface area contributed by atoms with E-state index in [0.29, 0.717) is 5.89 Å². The first-order valence-corrected chi connectivity index (χ1v) is 6.74. The third-order valence-corrected chi connectivity index (χ3v) is 3.48. The van der Waals surface area contributed by atoms with E-state index in [2.05, 4.69) is 9.88 Å². The third kappa shape index (κ3) is 3.58. The highest BCUT2D eigenvalue weighted by atomic mass is 35.5. The number of rotatable bonds is 3. The lowest BCUT2D eigenvalue weighted by Crippen LogP contribution is -2.29. The van der Waals surface area contributed by atoms with Gasteiger partial charge in [0.1, 0.15) is 12.1 Å². The van der Waals surface area contributed by atoms with E-state index in [1.165, 1.54) is 31.4 Å². The summed E-state index contributed by atoms with van der Waals surface area (Å²) in [6.07, 6.45) is 5.56. The molecule has 1 aliphatic rings. The monoisotopic (exact) mass is 296 g/mol. The van der Waals surface area contributed by atoms with Crippen LogP contribution >= 0.6 is 12.4 Å². The molecule has 0 spiro atoms. The topological polar surface area (TPSA) is 29.3 Å². The largest absolute Gasteiger partial charge is 0.444 e. The van der Waals surface area contributed by atoms with Crippen molar-refractivity contribution in [1.29, 1.82) is 0 Å². The molecular weight excluding hydrogens is 279 g/mol. The molecule has 0 unspecified atom stereocenters. The number of nitrogens with zero attached hydrogens (tertiary/aromatic N) is 2. The molecule has 0 amide bonds. The van der Waals surface area contributed by atoms with Gasteiger partial charge in [-0.1, -0.05) is 6.42 Å². The van der Waals surface area contributed by atoms with Crippen LogP contribution in [-0.2, 0) is 6.54 Å². The van der Waals surface area contributed by atoms with Gasteiger partial charge in [-0.15, -0.1) is 12.4 Å². The summed E-state index contributed by atoms with van der Waals surface area (Å²) in [5, 5.41) is 0. The fourth-order valence-corrected chi connectivity index (χ4v) is 2.45. The van der Waals surface area contributed by atoms with Gasteiger partial charge in [0, 0.05) is 12.1 Å². The Bertz CT molecular complexity index is 535. The minimum absolute atomic E-state index is 0. The van der Waals surface area contributed by atoms with Crippen LogP contribution in [0.25, 0.3) is 11.5 Å². The van der Waals surface area contributed by atoms with Crippen LogP contribution in [0.5, 0.6) is 0 Å². The SMILES string of the molecule is Cl.Fc1ccc(-c2nc(CN3CCCCC3)co2)cc1. The number of likely N-dealkylation sites (tertiary alicyclic amines) is 1. The predicted molar refractivity (Wildman–Crippen MR) is 78.3 cm³/mol.